The van der Waals surface area contributed by atoms with E-state index in [4.69, 9.17) is 22.1 Å². The Morgan fingerprint density at radius 1 is 1.16 bits per heavy atom. The number of unbranched alkanes of at least 4 members (excludes halogenated alkanes) is 1. The van der Waals surface area contributed by atoms with Crippen LogP contribution in [0.2, 0.25) is 5.02 Å². The molecular formula is C17H20ClN3O3S. The molecule has 0 saturated heterocycles. The van der Waals surface area contributed by atoms with Crippen molar-refractivity contribution in [2.24, 2.45) is 10.1 Å². The van der Waals surface area contributed by atoms with E-state index in [1.165, 1.54) is 12.1 Å². The van der Waals surface area contributed by atoms with Gasteiger partial charge < -0.3 is 15.8 Å². The molecular weight excluding hydrogens is 362 g/mol. The molecule has 0 bridgehead atoms. The second-order valence-corrected chi connectivity index (χ2v) is 7.30. The van der Waals surface area contributed by atoms with Gasteiger partial charge >= 0.3 is 0 Å². The number of nitrogens with two attached hydrogens (primary N) is 1. The number of sulfonamides is 1. The van der Waals surface area contributed by atoms with Crippen LogP contribution in [0.1, 0.15) is 19.8 Å². The summed E-state index contributed by atoms with van der Waals surface area (Å²) in [7, 11) is -3.91. The zero-order valence-corrected chi connectivity index (χ0v) is 15.3. The van der Waals surface area contributed by atoms with Crippen molar-refractivity contribution in [3.63, 3.8) is 0 Å². The first-order valence-electron chi connectivity index (χ1n) is 7.76. The molecule has 25 heavy (non-hydrogen) atoms. The zero-order valence-electron chi connectivity index (χ0n) is 13.8. The highest BCUT2D eigenvalue weighted by Crippen LogP contribution is 2.18. The number of ether oxygens (including phenoxy) is 1. The van der Waals surface area contributed by atoms with E-state index in [1.807, 2.05) is 0 Å². The van der Waals surface area contributed by atoms with Crippen molar-refractivity contribution in [2.75, 3.05) is 11.9 Å². The third kappa shape index (κ3) is 5.95. The number of rotatable bonds is 7. The van der Waals surface area contributed by atoms with Gasteiger partial charge in [0.05, 0.1) is 11.5 Å². The number of halogens is 1. The molecule has 0 saturated carbocycles. The molecule has 0 amide bonds. The molecule has 2 aromatic carbocycles. The average Bonchev–Trinajstić information content (AvgIpc) is 2.57. The first-order valence-corrected chi connectivity index (χ1v) is 9.58. The molecule has 2 aromatic rings. The van der Waals surface area contributed by atoms with Crippen molar-refractivity contribution < 1.29 is 13.2 Å². The number of anilines is 1. The van der Waals surface area contributed by atoms with Gasteiger partial charge in [-0.3, -0.25) is 0 Å². The van der Waals surface area contributed by atoms with Crippen molar-refractivity contribution in [1.29, 1.82) is 0 Å². The van der Waals surface area contributed by atoms with E-state index in [2.05, 4.69) is 16.6 Å². The smallest absolute Gasteiger partial charge is 0.285 e. The SMILES string of the molecule is CCCCOc1ccc(S(=O)(=O)/N=C(\N)Nc2ccc(Cl)cc2)cc1. The maximum Gasteiger partial charge on any atom is 0.285 e. The molecule has 0 unspecified atom stereocenters. The normalized spacial score (nSPS) is 12.0. The van der Waals surface area contributed by atoms with E-state index in [0.29, 0.717) is 23.1 Å². The fourth-order valence-electron chi connectivity index (χ4n) is 1.93. The van der Waals surface area contributed by atoms with Gasteiger partial charge in [0, 0.05) is 10.7 Å². The molecule has 0 fully saturated rings. The maximum absolute atomic E-state index is 12.3. The Kier molecular flexibility index (Phi) is 6.66. The quantitative estimate of drug-likeness (QED) is 0.434. The van der Waals surface area contributed by atoms with Crippen molar-refractivity contribution in [2.45, 2.75) is 24.7 Å². The largest absolute Gasteiger partial charge is 0.494 e. The van der Waals surface area contributed by atoms with Crippen LogP contribution in [0.15, 0.2) is 57.8 Å². The molecule has 0 aliphatic heterocycles. The first kappa shape index (κ1) is 19.1. The average molecular weight is 382 g/mol. The minimum atomic E-state index is -3.91. The van der Waals surface area contributed by atoms with Gasteiger partial charge in [0.25, 0.3) is 10.0 Å². The zero-order chi connectivity index (χ0) is 18.3. The van der Waals surface area contributed by atoms with E-state index < -0.39 is 10.0 Å². The predicted octanol–water partition coefficient (Wildman–Crippen LogP) is 3.63. The lowest BCUT2D eigenvalue weighted by Crippen LogP contribution is -2.24. The molecule has 0 atom stereocenters. The lowest BCUT2D eigenvalue weighted by molar-refractivity contribution is 0.309. The van der Waals surface area contributed by atoms with Crippen molar-refractivity contribution in [1.82, 2.24) is 0 Å². The molecule has 2 rings (SSSR count). The predicted molar refractivity (Wildman–Crippen MR) is 101 cm³/mol. The van der Waals surface area contributed by atoms with Crippen LogP contribution in [-0.2, 0) is 10.0 Å². The van der Waals surface area contributed by atoms with Crippen molar-refractivity contribution in [3.8, 4) is 5.75 Å². The van der Waals surface area contributed by atoms with Gasteiger partial charge in [0.15, 0.2) is 0 Å². The summed E-state index contributed by atoms with van der Waals surface area (Å²) >= 11 is 5.79. The Balaban J connectivity index is 2.07. The molecule has 0 heterocycles. The summed E-state index contributed by atoms with van der Waals surface area (Å²) < 4.78 is 33.7. The second kappa shape index (κ2) is 8.73. The Bertz CT molecular complexity index is 819. The maximum atomic E-state index is 12.3. The van der Waals surface area contributed by atoms with E-state index in [1.54, 1.807) is 36.4 Å². The summed E-state index contributed by atoms with van der Waals surface area (Å²) in [5.41, 5.74) is 6.26. The second-order valence-electron chi connectivity index (χ2n) is 5.26. The minimum absolute atomic E-state index is 0.0381. The third-order valence-electron chi connectivity index (χ3n) is 3.22. The standard InChI is InChI=1S/C17H20ClN3O3S/c1-2-3-12-24-15-8-10-16(11-9-15)25(22,23)21-17(19)20-14-6-4-13(18)5-7-14/h4-11H,2-3,12H2,1H3,(H3,19,20,21). The van der Waals surface area contributed by atoms with E-state index in [-0.39, 0.29) is 10.9 Å². The minimum Gasteiger partial charge on any atom is -0.494 e. The lowest BCUT2D eigenvalue weighted by Gasteiger charge is -2.07. The third-order valence-corrected chi connectivity index (χ3v) is 4.78. The monoisotopic (exact) mass is 381 g/mol. The van der Waals surface area contributed by atoms with Crippen LogP contribution in [-0.4, -0.2) is 21.0 Å². The summed E-state index contributed by atoms with van der Waals surface area (Å²) in [6, 6.07) is 12.7. The van der Waals surface area contributed by atoms with Crippen LogP contribution in [0.3, 0.4) is 0 Å². The molecule has 134 valence electrons. The fraction of sp³-hybridized carbons (Fsp3) is 0.235. The van der Waals surface area contributed by atoms with Crippen molar-refractivity contribution >= 4 is 33.3 Å². The van der Waals surface area contributed by atoms with Crippen molar-refractivity contribution in [3.05, 3.63) is 53.6 Å². The number of guanidine groups is 1. The number of hydrogen-bond acceptors (Lipinski definition) is 3. The van der Waals surface area contributed by atoms with Gasteiger partial charge in [-0.05, 0) is 55.0 Å². The van der Waals surface area contributed by atoms with Gasteiger partial charge in [0.1, 0.15) is 5.75 Å². The van der Waals surface area contributed by atoms with E-state index >= 15 is 0 Å². The van der Waals surface area contributed by atoms with Crippen LogP contribution >= 0.6 is 11.6 Å². The van der Waals surface area contributed by atoms with E-state index in [0.717, 1.165) is 12.8 Å². The van der Waals surface area contributed by atoms with Crippen LogP contribution in [0, 0.1) is 0 Å². The Labute approximate surface area is 152 Å². The van der Waals surface area contributed by atoms with Crippen LogP contribution < -0.4 is 15.8 Å². The lowest BCUT2D eigenvalue weighted by atomic mass is 10.3. The van der Waals surface area contributed by atoms with Gasteiger partial charge in [-0.1, -0.05) is 24.9 Å². The van der Waals surface area contributed by atoms with Gasteiger partial charge in [-0.15, -0.1) is 4.40 Å². The summed E-state index contributed by atoms with van der Waals surface area (Å²) in [6.07, 6.45) is 1.97. The molecule has 3 N–H and O–H groups in total. The molecule has 0 radical (unpaired) electrons. The number of nitrogens with zero attached hydrogens (tertiary/aromatic N) is 1. The van der Waals surface area contributed by atoms with Crippen LogP contribution in [0.25, 0.3) is 0 Å². The van der Waals surface area contributed by atoms with Crippen LogP contribution in [0.4, 0.5) is 5.69 Å². The molecule has 6 nitrogen and oxygen atoms in total. The number of benzene rings is 2. The molecule has 0 aliphatic carbocycles. The Morgan fingerprint density at radius 2 is 1.80 bits per heavy atom. The first-order chi connectivity index (χ1) is 11.9. The molecule has 8 heteroatoms. The Hall–Kier alpha value is -2.25. The van der Waals surface area contributed by atoms with Gasteiger partial charge in [-0.2, -0.15) is 8.42 Å². The molecule has 0 spiro atoms. The number of hydrogen-bond donors (Lipinski definition) is 2. The van der Waals surface area contributed by atoms with Gasteiger partial charge in [-0.25, -0.2) is 0 Å². The summed E-state index contributed by atoms with van der Waals surface area (Å²) in [5.74, 6) is 0.384. The highest BCUT2D eigenvalue weighted by Gasteiger charge is 2.14. The van der Waals surface area contributed by atoms with Crippen LogP contribution in [0.5, 0.6) is 5.75 Å². The summed E-state index contributed by atoms with van der Waals surface area (Å²) in [4.78, 5) is 0.0381. The molecule has 0 aliphatic rings. The topological polar surface area (TPSA) is 93.8 Å². The summed E-state index contributed by atoms with van der Waals surface area (Å²) in [6.45, 7) is 2.66. The van der Waals surface area contributed by atoms with E-state index in [9.17, 15) is 8.42 Å². The highest BCUT2D eigenvalue weighted by molar-refractivity contribution is 7.90. The molecule has 0 aromatic heterocycles. The van der Waals surface area contributed by atoms with Gasteiger partial charge in [0.2, 0.25) is 5.96 Å². The Morgan fingerprint density at radius 3 is 2.40 bits per heavy atom. The fourth-order valence-corrected chi connectivity index (χ4v) is 2.94. The summed E-state index contributed by atoms with van der Waals surface area (Å²) in [5, 5.41) is 3.27. The highest BCUT2D eigenvalue weighted by atomic mass is 35.5. The number of nitrogens with one attached hydrogen (secondary N) is 1.